The van der Waals surface area contributed by atoms with E-state index in [9.17, 15) is 26.0 Å². The number of para-hydroxylation sites is 2. The minimum absolute atomic E-state index is 0.0738. The van der Waals surface area contributed by atoms with Gasteiger partial charge >= 0.3 is 6.18 Å². The number of halogens is 4. The minimum Gasteiger partial charge on any atom is -0.353 e. The van der Waals surface area contributed by atoms with E-state index in [-0.39, 0.29) is 24.9 Å². The van der Waals surface area contributed by atoms with Crippen molar-refractivity contribution in [3.05, 3.63) is 89.7 Å². The average molecular weight is 533 g/mol. The summed E-state index contributed by atoms with van der Waals surface area (Å²) < 4.78 is 82.9. The molecule has 1 aliphatic heterocycles. The maximum Gasteiger partial charge on any atom is 0.417 e. The molecule has 0 radical (unpaired) electrons. The molecule has 0 spiro atoms. The van der Waals surface area contributed by atoms with Crippen molar-refractivity contribution in [2.45, 2.75) is 36.5 Å². The third-order valence-electron chi connectivity index (χ3n) is 6.51. The van der Waals surface area contributed by atoms with E-state index in [1.807, 2.05) is 28.8 Å². The topological polar surface area (TPSA) is 67.2 Å². The summed E-state index contributed by atoms with van der Waals surface area (Å²) in [5.74, 6) is 0.270. The smallest absolute Gasteiger partial charge is 0.353 e. The summed E-state index contributed by atoms with van der Waals surface area (Å²) in [7, 11) is -4.31. The lowest BCUT2D eigenvalue weighted by Crippen LogP contribution is -2.43. The fourth-order valence-corrected chi connectivity index (χ4v) is 6.29. The van der Waals surface area contributed by atoms with Gasteiger partial charge in [-0.3, -0.25) is 0 Å². The average Bonchev–Trinajstić information content (AvgIpc) is 3.22. The first-order valence-electron chi connectivity index (χ1n) is 11.8. The number of alkyl halides is 3. The predicted octanol–water partition coefficient (Wildman–Crippen LogP) is 5.51. The molecule has 2 heterocycles. The second-order valence-electron chi connectivity index (χ2n) is 8.95. The molecule has 1 fully saturated rings. The molecule has 0 aliphatic carbocycles. The van der Waals surface area contributed by atoms with Gasteiger partial charge in [0.15, 0.2) is 0 Å². The van der Waals surface area contributed by atoms with Crippen LogP contribution in [0.5, 0.6) is 0 Å². The van der Waals surface area contributed by atoms with Crippen LogP contribution in [-0.4, -0.2) is 41.4 Å². The maximum absolute atomic E-state index is 13.4. The van der Waals surface area contributed by atoms with Crippen molar-refractivity contribution in [2.24, 2.45) is 0 Å². The molecule has 0 atom stereocenters. The number of anilines is 1. The van der Waals surface area contributed by atoms with Crippen LogP contribution >= 0.6 is 0 Å². The second-order valence-corrected chi connectivity index (χ2v) is 10.9. The molecule has 4 aromatic rings. The first kappa shape index (κ1) is 25.2. The van der Waals surface area contributed by atoms with Crippen LogP contribution in [-0.2, 0) is 22.7 Å². The minimum atomic E-state index is -4.77. The number of sulfonamides is 1. The van der Waals surface area contributed by atoms with E-state index in [4.69, 9.17) is 4.98 Å². The predicted molar refractivity (Wildman–Crippen MR) is 132 cm³/mol. The van der Waals surface area contributed by atoms with E-state index < -0.39 is 26.7 Å². The van der Waals surface area contributed by atoms with Crippen molar-refractivity contribution in [3.63, 3.8) is 0 Å². The highest BCUT2D eigenvalue weighted by Gasteiger charge is 2.39. The number of nitrogens with one attached hydrogen (secondary N) is 1. The van der Waals surface area contributed by atoms with Gasteiger partial charge in [-0.1, -0.05) is 36.4 Å². The summed E-state index contributed by atoms with van der Waals surface area (Å²) in [6.07, 6.45) is -3.98. The zero-order chi connectivity index (χ0) is 26.2. The molecule has 37 heavy (non-hydrogen) atoms. The Balaban J connectivity index is 1.34. The summed E-state index contributed by atoms with van der Waals surface area (Å²) in [6, 6.07) is 17.9. The van der Waals surface area contributed by atoms with Gasteiger partial charge in [0, 0.05) is 19.1 Å². The van der Waals surface area contributed by atoms with E-state index in [0.717, 1.165) is 33.0 Å². The van der Waals surface area contributed by atoms with Crippen molar-refractivity contribution >= 4 is 27.0 Å². The fourth-order valence-electron chi connectivity index (χ4n) is 4.61. The zero-order valence-electron chi connectivity index (χ0n) is 19.6. The van der Waals surface area contributed by atoms with Gasteiger partial charge in [-0.25, -0.2) is 17.8 Å². The number of imidazole rings is 1. The molecule has 1 saturated heterocycles. The van der Waals surface area contributed by atoms with Crippen molar-refractivity contribution < 1.29 is 26.0 Å². The molecule has 0 amide bonds. The Bertz CT molecular complexity index is 1510. The quantitative estimate of drug-likeness (QED) is 0.333. The van der Waals surface area contributed by atoms with E-state index in [1.54, 1.807) is 12.1 Å². The molecule has 6 nitrogen and oxygen atoms in total. The van der Waals surface area contributed by atoms with E-state index >= 15 is 0 Å². The molecule has 11 heteroatoms. The third-order valence-corrected chi connectivity index (χ3v) is 8.46. The molecule has 194 valence electrons. The van der Waals surface area contributed by atoms with Gasteiger partial charge in [-0.05, 0) is 54.8 Å². The molecule has 0 bridgehead atoms. The zero-order valence-corrected chi connectivity index (χ0v) is 20.4. The Morgan fingerprint density at radius 1 is 0.919 bits per heavy atom. The van der Waals surface area contributed by atoms with E-state index in [2.05, 4.69) is 5.32 Å². The number of piperidine rings is 1. The van der Waals surface area contributed by atoms with Crippen molar-refractivity contribution in [1.29, 1.82) is 0 Å². The molecule has 1 N–H and O–H groups in total. The second kappa shape index (κ2) is 9.79. The summed E-state index contributed by atoms with van der Waals surface area (Å²) >= 11 is 0. The Labute approximate surface area is 211 Å². The van der Waals surface area contributed by atoms with Crippen LogP contribution in [0.15, 0.2) is 77.7 Å². The van der Waals surface area contributed by atoms with Crippen molar-refractivity contribution in [3.8, 4) is 0 Å². The number of hydrogen-bond donors (Lipinski definition) is 1. The Hall–Kier alpha value is -3.44. The number of benzene rings is 3. The first-order valence-corrected chi connectivity index (χ1v) is 13.2. The van der Waals surface area contributed by atoms with Crippen molar-refractivity contribution in [1.82, 2.24) is 13.9 Å². The van der Waals surface area contributed by atoms with E-state index in [1.165, 1.54) is 24.3 Å². The number of rotatable bonds is 6. The molecular weight excluding hydrogens is 508 g/mol. The summed E-state index contributed by atoms with van der Waals surface area (Å²) in [6.45, 7) is 0.597. The van der Waals surface area contributed by atoms with Gasteiger partial charge in [-0.15, -0.1) is 0 Å². The normalized spacial score (nSPS) is 15.8. The third kappa shape index (κ3) is 5.19. The standard InChI is InChI=1S/C26H24F4N4O2S/c27-19-11-9-18(10-12-19)17-34-23-7-3-2-6-22(23)32-25(34)31-20-13-15-33(16-14-20)37(35,36)24-8-4-1-5-21(24)26(28,29)30/h1-12,20H,13-17H2,(H,31,32). The Morgan fingerprint density at radius 2 is 1.57 bits per heavy atom. The van der Waals surface area contributed by atoms with Gasteiger partial charge in [0.25, 0.3) is 0 Å². The SMILES string of the molecule is O=S(=O)(c1ccccc1C(F)(F)F)N1CCC(Nc2nc3ccccc3n2Cc2ccc(F)cc2)CC1. The molecule has 1 aromatic heterocycles. The molecule has 0 saturated carbocycles. The highest BCUT2D eigenvalue weighted by molar-refractivity contribution is 7.89. The lowest BCUT2D eigenvalue weighted by molar-refractivity contribution is -0.139. The number of nitrogens with zero attached hydrogens (tertiary/aromatic N) is 3. The number of aromatic nitrogens is 2. The van der Waals surface area contributed by atoms with Crippen LogP contribution < -0.4 is 5.32 Å². The fraction of sp³-hybridized carbons (Fsp3) is 0.269. The van der Waals surface area contributed by atoms with Crippen LogP contribution in [0.25, 0.3) is 11.0 Å². The van der Waals surface area contributed by atoms with Gasteiger partial charge in [0.1, 0.15) is 5.82 Å². The van der Waals surface area contributed by atoms with Crippen LogP contribution in [0, 0.1) is 5.82 Å². The molecule has 3 aromatic carbocycles. The number of fused-ring (bicyclic) bond motifs is 1. The lowest BCUT2D eigenvalue weighted by atomic mass is 10.1. The van der Waals surface area contributed by atoms with Gasteiger partial charge in [0.2, 0.25) is 16.0 Å². The van der Waals surface area contributed by atoms with Gasteiger partial charge in [0.05, 0.1) is 28.0 Å². The van der Waals surface area contributed by atoms with Crippen LogP contribution in [0.3, 0.4) is 0 Å². The molecule has 1 aliphatic rings. The Kier molecular flexibility index (Phi) is 6.67. The van der Waals surface area contributed by atoms with Crippen LogP contribution in [0.4, 0.5) is 23.5 Å². The number of hydrogen-bond acceptors (Lipinski definition) is 4. The summed E-state index contributed by atoms with van der Waals surface area (Å²) in [5.41, 5.74) is 1.38. The van der Waals surface area contributed by atoms with Crippen LogP contribution in [0.2, 0.25) is 0 Å². The summed E-state index contributed by atoms with van der Waals surface area (Å²) in [5, 5.41) is 3.39. The highest BCUT2D eigenvalue weighted by atomic mass is 32.2. The maximum atomic E-state index is 13.4. The van der Waals surface area contributed by atoms with Gasteiger partial charge in [-0.2, -0.15) is 17.5 Å². The molecule has 5 rings (SSSR count). The highest BCUT2D eigenvalue weighted by Crippen LogP contribution is 2.36. The van der Waals surface area contributed by atoms with Gasteiger partial charge < -0.3 is 9.88 Å². The lowest BCUT2D eigenvalue weighted by Gasteiger charge is -2.32. The monoisotopic (exact) mass is 532 g/mol. The molecular formula is C26H24F4N4O2S. The van der Waals surface area contributed by atoms with E-state index in [0.29, 0.717) is 25.3 Å². The Morgan fingerprint density at radius 3 is 2.27 bits per heavy atom. The first-order chi connectivity index (χ1) is 17.6. The van der Waals surface area contributed by atoms with Crippen LogP contribution in [0.1, 0.15) is 24.0 Å². The molecule has 0 unspecified atom stereocenters. The van der Waals surface area contributed by atoms with Crippen molar-refractivity contribution in [2.75, 3.05) is 18.4 Å². The largest absolute Gasteiger partial charge is 0.417 e. The summed E-state index contributed by atoms with van der Waals surface area (Å²) in [4.78, 5) is 3.97.